The van der Waals surface area contributed by atoms with Crippen molar-refractivity contribution in [2.45, 2.75) is 18.4 Å². The van der Waals surface area contributed by atoms with Crippen molar-refractivity contribution in [2.75, 3.05) is 27.3 Å². The zero-order valence-corrected chi connectivity index (χ0v) is 13.1. The number of benzene rings is 2. The fourth-order valence-electron chi connectivity index (χ4n) is 3.69. The van der Waals surface area contributed by atoms with Crippen molar-refractivity contribution >= 4 is 0 Å². The fourth-order valence-corrected chi connectivity index (χ4v) is 3.69. The van der Waals surface area contributed by atoms with E-state index in [4.69, 9.17) is 9.47 Å². The molecule has 114 valence electrons. The summed E-state index contributed by atoms with van der Waals surface area (Å²) in [5.41, 5.74) is 4.21. The minimum absolute atomic E-state index is 0.430. The average molecular weight is 295 g/mol. The third kappa shape index (κ3) is 2.17. The van der Waals surface area contributed by atoms with Gasteiger partial charge >= 0.3 is 0 Å². The Hall–Kier alpha value is -2.00. The van der Waals surface area contributed by atoms with Gasteiger partial charge in [-0.15, -0.1) is 0 Å². The van der Waals surface area contributed by atoms with E-state index in [2.05, 4.69) is 61.5 Å². The Balaban J connectivity index is 1.74. The van der Waals surface area contributed by atoms with Gasteiger partial charge in [0.25, 0.3) is 0 Å². The molecule has 2 aliphatic rings. The maximum Gasteiger partial charge on any atom is 0.161 e. The van der Waals surface area contributed by atoms with Gasteiger partial charge in [-0.3, -0.25) is 0 Å². The molecular formula is C19H21NO2. The Morgan fingerprint density at radius 3 is 2.41 bits per heavy atom. The van der Waals surface area contributed by atoms with Crippen LogP contribution >= 0.6 is 0 Å². The molecule has 3 nitrogen and oxygen atoms in total. The normalized spacial score (nSPS) is 22.7. The fraction of sp³-hybridized carbons (Fsp3) is 0.368. The molecule has 0 spiro atoms. The molecule has 1 heterocycles. The van der Waals surface area contributed by atoms with E-state index in [9.17, 15) is 0 Å². The monoisotopic (exact) mass is 295 g/mol. The summed E-state index contributed by atoms with van der Waals surface area (Å²) >= 11 is 0. The van der Waals surface area contributed by atoms with Crippen LogP contribution in [0, 0.1) is 0 Å². The summed E-state index contributed by atoms with van der Waals surface area (Å²) in [7, 11) is 4.32. The smallest absolute Gasteiger partial charge is 0.161 e. The molecular weight excluding hydrogens is 274 g/mol. The highest BCUT2D eigenvalue weighted by Gasteiger charge is 2.33. The summed E-state index contributed by atoms with van der Waals surface area (Å²) in [6.07, 6.45) is 1.12. The van der Waals surface area contributed by atoms with Crippen LogP contribution in [0.1, 0.15) is 35.1 Å². The van der Waals surface area contributed by atoms with Crippen molar-refractivity contribution in [3.8, 4) is 11.5 Å². The molecule has 2 aromatic carbocycles. The second-order valence-corrected chi connectivity index (χ2v) is 6.30. The number of hydrogen-bond donors (Lipinski definition) is 0. The quantitative estimate of drug-likeness (QED) is 0.845. The largest absolute Gasteiger partial charge is 0.486 e. The molecule has 22 heavy (non-hydrogen) atoms. The summed E-state index contributed by atoms with van der Waals surface area (Å²) in [5.74, 6) is 2.18. The Kier molecular flexibility index (Phi) is 3.30. The molecule has 3 heteroatoms. The van der Waals surface area contributed by atoms with Gasteiger partial charge in [-0.25, -0.2) is 0 Å². The second kappa shape index (κ2) is 5.33. The molecule has 0 aromatic heterocycles. The maximum absolute atomic E-state index is 5.75. The lowest BCUT2D eigenvalue weighted by Crippen LogP contribution is -2.17. The molecule has 1 aliphatic carbocycles. The lowest BCUT2D eigenvalue weighted by atomic mass is 9.92. The SMILES string of the molecule is CN(C)[C@H]1C[C@H](c2ccc3c(c2)OCCO3)c2ccccc21. The van der Waals surface area contributed by atoms with Gasteiger partial charge < -0.3 is 14.4 Å². The summed E-state index contributed by atoms with van der Waals surface area (Å²) < 4.78 is 11.4. The Labute approximate surface area is 131 Å². The van der Waals surface area contributed by atoms with Gasteiger partial charge in [0.1, 0.15) is 13.2 Å². The first kappa shape index (κ1) is 13.6. The van der Waals surface area contributed by atoms with Gasteiger partial charge in [-0.2, -0.15) is 0 Å². The van der Waals surface area contributed by atoms with Crippen LogP contribution in [0.15, 0.2) is 42.5 Å². The Morgan fingerprint density at radius 1 is 0.909 bits per heavy atom. The van der Waals surface area contributed by atoms with E-state index in [1.54, 1.807) is 0 Å². The minimum atomic E-state index is 0.430. The molecule has 0 unspecified atom stereocenters. The number of hydrogen-bond acceptors (Lipinski definition) is 3. The van der Waals surface area contributed by atoms with Crippen molar-refractivity contribution in [2.24, 2.45) is 0 Å². The summed E-state index contributed by atoms with van der Waals surface area (Å²) in [4.78, 5) is 2.32. The van der Waals surface area contributed by atoms with Crippen LogP contribution < -0.4 is 9.47 Å². The first-order chi connectivity index (χ1) is 10.7. The lowest BCUT2D eigenvalue weighted by molar-refractivity contribution is 0.171. The number of rotatable bonds is 2. The molecule has 0 saturated carbocycles. The Bertz CT molecular complexity index is 696. The van der Waals surface area contributed by atoms with Crippen LogP contribution in [-0.2, 0) is 0 Å². The number of nitrogens with zero attached hydrogens (tertiary/aromatic N) is 1. The van der Waals surface area contributed by atoms with E-state index in [1.165, 1.54) is 16.7 Å². The minimum Gasteiger partial charge on any atom is -0.486 e. The van der Waals surface area contributed by atoms with E-state index >= 15 is 0 Å². The summed E-state index contributed by atoms with van der Waals surface area (Å²) in [5, 5.41) is 0. The highest BCUT2D eigenvalue weighted by atomic mass is 16.6. The van der Waals surface area contributed by atoms with Gasteiger partial charge in [0, 0.05) is 12.0 Å². The van der Waals surface area contributed by atoms with E-state index < -0.39 is 0 Å². The zero-order valence-electron chi connectivity index (χ0n) is 13.1. The van der Waals surface area contributed by atoms with Crippen LogP contribution in [0.2, 0.25) is 0 Å². The van der Waals surface area contributed by atoms with Crippen molar-refractivity contribution in [1.82, 2.24) is 4.90 Å². The van der Waals surface area contributed by atoms with E-state index in [-0.39, 0.29) is 0 Å². The molecule has 0 N–H and O–H groups in total. The molecule has 0 bridgehead atoms. The molecule has 0 fully saturated rings. The standard InChI is InChI=1S/C19H21NO2/c1-20(2)17-12-16(14-5-3-4-6-15(14)17)13-7-8-18-19(11-13)22-10-9-21-18/h3-8,11,16-17H,9-10,12H2,1-2H3/t16-,17+/m1/s1. The van der Waals surface area contributed by atoms with Crippen molar-refractivity contribution in [1.29, 1.82) is 0 Å². The highest BCUT2D eigenvalue weighted by molar-refractivity contribution is 5.50. The van der Waals surface area contributed by atoms with Gasteiger partial charge in [-0.1, -0.05) is 30.3 Å². The predicted octanol–water partition coefficient (Wildman–Crippen LogP) is 3.60. The average Bonchev–Trinajstić information content (AvgIpc) is 2.94. The second-order valence-electron chi connectivity index (χ2n) is 6.30. The molecule has 4 rings (SSSR count). The Morgan fingerprint density at radius 2 is 1.64 bits per heavy atom. The van der Waals surface area contributed by atoms with Crippen LogP contribution in [0.25, 0.3) is 0 Å². The summed E-state index contributed by atoms with van der Waals surface area (Å²) in [6.45, 7) is 1.28. The van der Waals surface area contributed by atoms with Crippen LogP contribution in [0.5, 0.6) is 11.5 Å². The predicted molar refractivity (Wildman–Crippen MR) is 86.8 cm³/mol. The van der Waals surface area contributed by atoms with Gasteiger partial charge in [0.15, 0.2) is 11.5 Å². The first-order valence-corrected chi connectivity index (χ1v) is 7.89. The maximum atomic E-state index is 5.75. The van der Waals surface area contributed by atoms with Crippen LogP contribution in [0.4, 0.5) is 0 Å². The molecule has 1 aliphatic heterocycles. The lowest BCUT2D eigenvalue weighted by Gasteiger charge is -2.22. The topological polar surface area (TPSA) is 21.7 Å². The van der Waals surface area contributed by atoms with Gasteiger partial charge in [0.05, 0.1) is 0 Å². The molecule has 0 saturated heterocycles. The first-order valence-electron chi connectivity index (χ1n) is 7.89. The molecule has 2 atom stereocenters. The molecule has 0 amide bonds. The third-order valence-electron chi connectivity index (χ3n) is 4.78. The zero-order chi connectivity index (χ0) is 15.1. The number of fused-ring (bicyclic) bond motifs is 2. The van der Waals surface area contributed by atoms with E-state index in [1.807, 2.05) is 0 Å². The number of ether oxygens (including phenoxy) is 2. The van der Waals surface area contributed by atoms with Crippen molar-refractivity contribution in [3.63, 3.8) is 0 Å². The summed E-state index contributed by atoms with van der Waals surface area (Å²) in [6, 6.07) is 15.7. The molecule has 0 radical (unpaired) electrons. The van der Waals surface area contributed by atoms with Gasteiger partial charge in [0.2, 0.25) is 0 Å². The third-order valence-corrected chi connectivity index (χ3v) is 4.78. The van der Waals surface area contributed by atoms with Crippen molar-refractivity contribution < 1.29 is 9.47 Å². The van der Waals surface area contributed by atoms with Gasteiger partial charge in [-0.05, 0) is 49.3 Å². The van der Waals surface area contributed by atoms with Crippen LogP contribution in [0.3, 0.4) is 0 Å². The van der Waals surface area contributed by atoms with E-state index in [0.717, 1.165) is 17.9 Å². The van der Waals surface area contributed by atoms with Crippen molar-refractivity contribution in [3.05, 3.63) is 59.2 Å². The molecule has 2 aromatic rings. The highest BCUT2D eigenvalue weighted by Crippen LogP contribution is 2.47. The van der Waals surface area contributed by atoms with E-state index in [0.29, 0.717) is 25.2 Å². The van der Waals surface area contributed by atoms with Crippen LogP contribution in [-0.4, -0.2) is 32.2 Å².